The normalized spacial score (nSPS) is 11.1. The summed E-state index contributed by atoms with van der Waals surface area (Å²) in [4.78, 5) is 0. The molecule has 2 aromatic rings. The highest BCUT2D eigenvalue weighted by Gasteiger charge is 2.09. The zero-order valence-electron chi connectivity index (χ0n) is 8.83. The quantitative estimate of drug-likeness (QED) is 0.619. The van der Waals surface area contributed by atoms with Gasteiger partial charge in [0.1, 0.15) is 7.85 Å². The second kappa shape index (κ2) is 4.89. The van der Waals surface area contributed by atoms with Crippen molar-refractivity contribution in [2.75, 3.05) is 6.61 Å². The minimum absolute atomic E-state index is 0.200. The van der Waals surface area contributed by atoms with E-state index in [0.717, 1.165) is 35.7 Å². The van der Waals surface area contributed by atoms with E-state index in [1.165, 1.54) is 0 Å². The summed E-state index contributed by atoms with van der Waals surface area (Å²) >= 11 is 6.15. The Balaban J connectivity index is 2.35. The number of aromatic nitrogens is 2. The van der Waals surface area contributed by atoms with Crippen molar-refractivity contribution in [2.45, 2.75) is 19.3 Å². The second-order valence-corrected chi connectivity index (χ2v) is 4.17. The van der Waals surface area contributed by atoms with Crippen LogP contribution in [0, 0.1) is 0 Å². The molecule has 0 unspecified atom stereocenters. The van der Waals surface area contributed by atoms with Crippen LogP contribution in [0.4, 0.5) is 0 Å². The van der Waals surface area contributed by atoms with Crippen LogP contribution in [0.1, 0.15) is 18.4 Å². The Kier molecular flexibility index (Phi) is 3.51. The van der Waals surface area contributed by atoms with Gasteiger partial charge >= 0.3 is 0 Å². The number of aliphatic hydroxyl groups excluding tert-OH is 1. The van der Waals surface area contributed by atoms with Crippen molar-refractivity contribution in [2.24, 2.45) is 0 Å². The SMILES string of the molecule is [B]c1c(CCCCO)c(Cl)cc2[nH]ncc12. The van der Waals surface area contributed by atoms with Gasteiger partial charge in [-0.3, -0.25) is 5.10 Å². The van der Waals surface area contributed by atoms with Crippen molar-refractivity contribution >= 4 is 35.8 Å². The van der Waals surface area contributed by atoms with Crippen molar-refractivity contribution in [1.82, 2.24) is 10.2 Å². The van der Waals surface area contributed by atoms with Crippen LogP contribution in [0.5, 0.6) is 0 Å². The summed E-state index contributed by atoms with van der Waals surface area (Å²) in [5, 5.41) is 17.1. The molecule has 2 rings (SSSR count). The largest absolute Gasteiger partial charge is 0.396 e. The van der Waals surface area contributed by atoms with E-state index < -0.39 is 0 Å². The van der Waals surface area contributed by atoms with Gasteiger partial charge in [0.05, 0.1) is 11.7 Å². The average Bonchev–Trinajstić information content (AvgIpc) is 2.71. The fraction of sp³-hybridized carbons (Fsp3) is 0.364. The fourth-order valence-corrected chi connectivity index (χ4v) is 2.10. The zero-order valence-corrected chi connectivity index (χ0v) is 9.59. The van der Waals surface area contributed by atoms with E-state index in [9.17, 15) is 0 Å². The minimum atomic E-state index is 0.200. The van der Waals surface area contributed by atoms with Crippen molar-refractivity contribution in [3.05, 3.63) is 22.8 Å². The predicted octanol–water partition coefficient (Wildman–Crippen LogP) is 1.33. The molecule has 0 atom stereocenters. The molecular weight excluding hydrogens is 222 g/mol. The standard InChI is InChI=1S/C11H12BClN2O/c12-11-7(3-1-2-4-16)9(13)5-10-8(11)6-14-15-10/h5-6,16H,1-4H2,(H,14,15). The number of aliphatic hydroxyl groups is 1. The maximum Gasteiger partial charge on any atom is 0.115 e. The number of nitrogens with one attached hydrogen (secondary N) is 1. The van der Waals surface area contributed by atoms with Crippen LogP contribution < -0.4 is 5.46 Å². The molecule has 16 heavy (non-hydrogen) atoms. The molecule has 0 saturated heterocycles. The number of rotatable bonds is 4. The minimum Gasteiger partial charge on any atom is -0.396 e. The number of fused-ring (bicyclic) bond motifs is 1. The first-order chi connectivity index (χ1) is 7.74. The van der Waals surface area contributed by atoms with Gasteiger partial charge in [-0.15, -0.1) is 0 Å². The number of halogens is 1. The van der Waals surface area contributed by atoms with E-state index >= 15 is 0 Å². The van der Waals surface area contributed by atoms with E-state index in [1.54, 1.807) is 6.20 Å². The molecule has 1 heterocycles. The molecule has 0 saturated carbocycles. The van der Waals surface area contributed by atoms with E-state index in [4.69, 9.17) is 24.6 Å². The molecule has 0 spiro atoms. The predicted molar refractivity (Wildman–Crippen MR) is 66.5 cm³/mol. The van der Waals surface area contributed by atoms with Crippen LogP contribution in [-0.4, -0.2) is 29.8 Å². The summed E-state index contributed by atoms with van der Waals surface area (Å²) in [5.41, 5.74) is 2.49. The fourth-order valence-electron chi connectivity index (χ4n) is 1.79. The van der Waals surface area contributed by atoms with Crippen LogP contribution in [0.2, 0.25) is 5.02 Å². The van der Waals surface area contributed by atoms with Crippen LogP contribution in [0.25, 0.3) is 10.9 Å². The van der Waals surface area contributed by atoms with Crippen molar-refractivity contribution in [1.29, 1.82) is 0 Å². The highest BCUT2D eigenvalue weighted by atomic mass is 35.5. The molecule has 0 aliphatic rings. The lowest BCUT2D eigenvalue weighted by molar-refractivity contribution is 0.284. The number of H-pyrrole nitrogens is 1. The summed E-state index contributed by atoms with van der Waals surface area (Å²) in [6.07, 6.45) is 4.13. The number of hydrogen-bond acceptors (Lipinski definition) is 2. The third kappa shape index (κ3) is 2.08. The first-order valence-corrected chi connectivity index (χ1v) is 5.62. The number of benzene rings is 1. The molecule has 0 aliphatic carbocycles. The van der Waals surface area contributed by atoms with Crippen LogP contribution >= 0.6 is 11.6 Å². The summed E-state index contributed by atoms with van der Waals surface area (Å²) in [6, 6.07) is 1.84. The van der Waals surface area contributed by atoms with Gasteiger partial charge in [0.25, 0.3) is 0 Å². The number of aromatic amines is 1. The summed E-state index contributed by atoms with van der Waals surface area (Å²) in [7, 11) is 6.04. The zero-order chi connectivity index (χ0) is 11.5. The van der Waals surface area contributed by atoms with Gasteiger partial charge in [-0.25, -0.2) is 0 Å². The lowest BCUT2D eigenvalue weighted by atomic mass is 9.85. The lowest BCUT2D eigenvalue weighted by Crippen LogP contribution is -2.12. The molecule has 2 N–H and O–H groups in total. The molecule has 2 radical (unpaired) electrons. The van der Waals surface area contributed by atoms with Crippen molar-refractivity contribution < 1.29 is 5.11 Å². The summed E-state index contributed by atoms with van der Waals surface area (Å²) < 4.78 is 0. The monoisotopic (exact) mass is 234 g/mol. The molecule has 0 aliphatic heterocycles. The first kappa shape index (κ1) is 11.5. The first-order valence-electron chi connectivity index (χ1n) is 5.25. The smallest absolute Gasteiger partial charge is 0.115 e. The highest BCUT2D eigenvalue weighted by Crippen LogP contribution is 2.21. The van der Waals surface area contributed by atoms with Gasteiger partial charge < -0.3 is 5.11 Å². The van der Waals surface area contributed by atoms with Crippen molar-refractivity contribution in [3.63, 3.8) is 0 Å². The Morgan fingerprint density at radius 2 is 2.25 bits per heavy atom. The van der Waals surface area contributed by atoms with Gasteiger partial charge in [0.2, 0.25) is 0 Å². The topological polar surface area (TPSA) is 48.9 Å². The molecule has 0 amide bonds. The number of nitrogens with zero attached hydrogens (tertiary/aromatic N) is 1. The van der Waals surface area contributed by atoms with Gasteiger partial charge in [-0.05, 0) is 30.9 Å². The molecule has 5 heteroatoms. The summed E-state index contributed by atoms with van der Waals surface area (Å²) in [6.45, 7) is 0.200. The Bertz CT molecular complexity index is 498. The maximum atomic E-state index is 8.74. The maximum absolute atomic E-state index is 8.74. The van der Waals surface area contributed by atoms with Gasteiger partial charge in [0, 0.05) is 17.0 Å². The number of unbranched alkanes of at least 4 members (excludes halogenated alkanes) is 1. The lowest BCUT2D eigenvalue weighted by Gasteiger charge is -2.09. The summed E-state index contributed by atoms with van der Waals surface area (Å²) in [5.74, 6) is 0. The second-order valence-electron chi connectivity index (χ2n) is 3.76. The van der Waals surface area contributed by atoms with E-state index in [0.29, 0.717) is 10.5 Å². The molecule has 0 bridgehead atoms. The van der Waals surface area contributed by atoms with Crippen molar-refractivity contribution in [3.8, 4) is 0 Å². The van der Waals surface area contributed by atoms with E-state index in [2.05, 4.69) is 10.2 Å². The van der Waals surface area contributed by atoms with Crippen LogP contribution in [0.15, 0.2) is 12.3 Å². The Morgan fingerprint density at radius 1 is 1.44 bits per heavy atom. The highest BCUT2D eigenvalue weighted by molar-refractivity contribution is 6.43. The Labute approximate surface area is 100 Å². The Morgan fingerprint density at radius 3 is 3.00 bits per heavy atom. The molecule has 1 aromatic carbocycles. The Hall–Kier alpha value is -0.995. The average molecular weight is 234 g/mol. The number of hydrogen-bond donors (Lipinski definition) is 2. The van der Waals surface area contributed by atoms with Crippen LogP contribution in [-0.2, 0) is 6.42 Å². The third-order valence-corrected chi connectivity index (χ3v) is 3.02. The third-order valence-electron chi connectivity index (χ3n) is 2.68. The molecule has 3 nitrogen and oxygen atoms in total. The van der Waals surface area contributed by atoms with Gasteiger partial charge in [0.15, 0.2) is 0 Å². The molecule has 1 aromatic heterocycles. The van der Waals surface area contributed by atoms with Gasteiger partial charge in [-0.1, -0.05) is 17.1 Å². The van der Waals surface area contributed by atoms with E-state index in [1.807, 2.05) is 6.07 Å². The van der Waals surface area contributed by atoms with Gasteiger partial charge in [-0.2, -0.15) is 5.10 Å². The van der Waals surface area contributed by atoms with E-state index in [-0.39, 0.29) is 6.61 Å². The molecule has 82 valence electrons. The molecular formula is C11H12BClN2O. The molecule has 0 fully saturated rings. The van der Waals surface area contributed by atoms with Crippen LogP contribution in [0.3, 0.4) is 0 Å².